The van der Waals surface area contributed by atoms with Crippen molar-refractivity contribution in [1.82, 2.24) is 10.2 Å². The second-order valence-corrected chi connectivity index (χ2v) is 6.20. The Morgan fingerprint density at radius 1 is 1.17 bits per heavy atom. The first-order valence-corrected chi connectivity index (χ1v) is 8.59. The van der Waals surface area contributed by atoms with Gasteiger partial charge < -0.3 is 15.2 Å². The van der Waals surface area contributed by atoms with E-state index in [-0.39, 0.29) is 5.91 Å². The van der Waals surface area contributed by atoms with E-state index in [1.54, 1.807) is 18.2 Å². The van der Waals surface area contributed by atoms with Gasteiger partial charge in [0.25, 0.3) is 0 Å². The Morgan fingerprint density at radius 3 is 2.52 bits per heavy atom. The van der Waals surface area contributed by atoms with E-state index in [1.807, 2.05) is 6.92 Å². The normalized spacial score (nSPS) is 11.4. The molecule has 0 aliphatic rings. The summed E-state index contributed by atoms with van der Waals surface area (Å²) < 4.78 is 41.0. The van der Waals surface area contributed by atoms with Crippen molar-refractivity contribution in [3.8, 4) is 22.6 Å². The number of H-pyrrole nitrogens is 1. The smallest absolute Gasteiger partial charge is 0.491 e. The molecule has 29 heavy (non-hydrogen) atoms. The van der Waals surface area contributed by atoms with Crippen LogP contribution in [0.4, 0.5) is 19.0 Å². The Labute approximate surface area is 162 Å². The first-order valence-electron chi connectivity index (χ1n) is 8.59. The van der Waals surface area contributed by atoms with Crippen LogP contribution in [0.1, 0.15) is 19.8 Å². The van der Waals surface area contributed by atoms with Crippen molar-refractivity contribution in [2.75, 3.05) is 5.32 Å². The summed E-state index contributed by atoms with van der Waals surface area (Å²) in [5.74, 6) is -3.39. The van der Waals surface area contributed by atoms with E-state index in [0.717, 1.165) is 6.07 Å². The van der Waals surface area contributed by atoms with Crippen molar-refractivity contribution in [1.29, 1.82) is 0 Å². The quantitative estimate of drug-likeness (QED) is 0.436. The van der Waals surface area contributed by atoms with Crippen molar-refractivity contribution in [2.45, 2.75) is 25.9 Å². The van der Waals surface area contributed by atoms with E-state index < -0.39 is 23.6 Å². The number of hydrogen-bond donors (Lipinski definition) is 3. The molecule has 1 amide bonds. The number of halogens is 3. The summed E-state index contributed by atoms with van der Waals surface area (Å²) in [6, 6.07) is 8.77. The van der Waals surface area contributed by atoms with Gasteiger partial charge in [-0.3, -0.25) is 9.89 Å². The predicted octanol–water partition coefficient (Wildman–Crippen LogP) is 4.14. The number of anilines is 1. The molecule has 7 nitrogen and oxygen atoms in total. The number of nitrogens with zero attached hydrogens (tertiary/aromatic N) is 1. The molecule has 152 valence electrons. The number of carbonyl (C=O) groups excluding carboxylic acids is 2. The lowest BCUT2D eigenvalue weighted by molar-refractivity contribution is -0.189. The van der Waals surface area contributed by atoms with Crippen LogP contribution in [0.15, 0.2) is 36.4 Å². The highest BCUT2D eigenvalue weighted by atomic mass is 19.4. The average molecular weight is 407 g/mol. The molecule has 0 fully saturated rings. The zero-order chi connectivity index (χ0) is 21.2. The van der Waals surface area contributed by atoms with Crippen molar-refractivity contribution in [2.24, 2.45) is 0 Å². The second-order valence-electron chi connectivity index (χ2n) is 6.20. The fourth-order valence-corrected chi connectivity index (χ4v) is 2.66. The number of alkyl halides is 3. The number of aromatic amines is 1. The molecule has 0 saturated carbocycles. The van der Waals surface area contributed by atoms with Gasteiger partial charge >= 0.3 is 12.1 Å². The maximum atomic E-state index is 12.3. The van der Waals surface area contributed by atoms with Crippen LogP contribution < -0.4 is 10.1 Å². The second kappa shape index (κ2) is 7.82. The van der Waals surface area contributed by atoms with Gasteiger partial charge in [-0.15, -0.1) is 0 Å². The summed E-state index contributed by atoms with van der Waals surface area (Å²) in [5.41, 5.74) is 1.71. The van der Waals surface area contributed by atoms with Crippen molar-refractivity contribution in [3.63, 3.8) is 0 Å². The highest BCUT2D eigenvalue weighted by molar-refractivity contribution is 6.00. The predicted molar refractivity (Wildman–Crippen MR) is 98.4 cm³/mol. The Hall–Kier alpha value is -3.56. The average Bonchev–Trinajstić information content (AvgIpc) is 3.04. The minimum Gasteiger partial charge on any atom is -0.504 e. The number of esters is 1. The number of benzene rings is 2. The van der Waals surface area contributed by atoms with Gasteiger partial charge in [0, 0.05) is 11.8 Å². The third kappa shape index (κ3) is 4.48. The van der Waals surface area contributed by atoms with Crippen molar-refractivity contribution in [3.05, 3.63) is 36.4 Å². The molecule has 0 bridgehead atoms. The van der Waals surface area contributed by atoms with Crippen LogP contribution >= 0.6 is 0 Å². The molecular weight excluding hydrogens is 391 g/mol. The number of ether oxygens (including phenoxy) is 1. The summed E-state index contributed by atoms with van der Waals surface area (Å²) >= 11 is 0. The summed E-state index contributed by atoms with van der Waals surface area (Å²) in [4.78, 5) is 22.7. The van der Waals surface area contributed by atoms with Crippen LogP contribution in [-0.2, 0) is 9.59 Å². The lowest BCUT2D eigenvalue weighted by Crippen LogP contribution is -2.27. The summed E-state index contributed by atoms with van der Waals surface area (Å²) in [6.07, 6.45) is -4.09. The number of amides is 1. The van der Waals surface area contributed by atoms with E-state index in [9.17, 15) is 27.9 Å². The third-order valence-electron chi connectivity index (χ3n) is 4.02. The van der Waals surface area contributed by atoms with Gasteiger partial charge in [-0.1, -0.05) is 19.1 Å². The van der Waals surface area contributed by atoms with Crippen LogP contribution in [0.5, 0.6) is 11.5 Å². The van der Waals surface area contributed by atoms with E-state index in [2.05, 4.69) is 20.3 Å². The number of aromatic nitrogens is 2. The molecule has 0 unspecified atom stereocenters. The Balaban J connectivity index is 1.84. The summed E-state index contributed by atoms with van der Waals surface area (Å²) in [6.45, 7) is 1.89. The molecule has 0 aliphatic heterocycles. The molecule has 0 saturated heterocycles. The molecule has 2 aromatic carbocycles. The van der Waals surface area contributed by atoms with Crippen LogP contribution in [0.2, 0.25) is 0 Å². The number of hydrogen-bond acceptors (Lipinski definition) is 5. The molecular formula is C19H16F3N3O4. The molecule has 0 spiro atoms. The fourth-order valence-electron chi connectivity index (χ4n) is 2.66. The Bertz CT molecular complexity index is 1080. The Morgan fingerprint density at radius 2 is 1.86 bits per heavy atom. The molecule has 3 N–H and O–H groups in total. The number of nitrogens with one attached hydrogen (secondary N) is 2. The molecule has 1 aromatic heterocycles. The van der Waals surface area contributed by atoms with Gasteiger partial charge in [0.05, 0.1) is 5.52 Å². The Kier molecular flexibility index (Phi) is 5.44. The van der Waals surface area contributed by atoms with Crippen LogP contribution in [-0.4, -0.2) is 33.4 Å². The minimum absolute atomic E-state index is 0.154. The van der Waals surface area contributed by atoms with Gasteiger partial charge in [-0.2, -0.15) is 18.3 Å². The molecule has 3 rings (SSSR count). The highest BCUT2D eigenvalue weighted by Gasteiger charge is 2.41. The number of carbonyl (C=O) groups is 2. The van der Waals surface area contributed by atoms with Crippen LogP contribution in [0, 0.1) is 0 Å². The number of aromatic hydroxyl groups is 1. The molecule has 3 aromatic rings. The van der Waals surface area contributed by atoms with Gasteiger partial charge in [-0.25, -0.2) is 4.79 Å². The van der Waals surface area contributed by atoms with Crippen molar-refractivity contribution < 1.29 is 32.6 Å². The van der Waals surface area contributed by atoms with E-state index in [4.69, 9.17) is 0 Å². The lowest BCUT2D eigenvalue weighted by atomic mass is 10.0. The zero-order valence-electron chi connectivity index (χ0n) is 15.1. The number of phenolic OH excluding ortho intramolecular Hbond substituents is 1. The molecule has 1 heterocycles. The third-order valence-corrected chi connectivity index (χ3v) is 4.02. The number of phenols is 1. The molecule has 0 aliphatic carbocycles. The van der Waals surface area contributed by atoms with Crippen LogP contribution in [0.3, 0.4) is 0 Å². The first kappa shape index (κ1) is 20.2. The zero-order valence-corrected chi connectivity index (χ0v) is 15.1. The summed E-state index contributed by atoms with van der Waals surface area (Å²) in [7, 11) is 0. The minimum atomic E-state index is -5.17. The highest BCUT2D eigenvalue weighted by Crippen LogP contribution is 2.34. The number of fused-ring (bicyclic) bond motifs is 1. The van der Waals surface area contributed by atoms with E-state index in [0.29, 0.717) is 40.7 Å². The van der Waals surface area contributed by atoms with Gasteiger partial charge in [-0.05, 0) is 41.8 Å². The van der Waals surface area contributed by atoms with E-state index in [1.165, 1.54) is 12.1 Å². The molecule has 10 heteroatoms. The van der Waals surface area contributed by atoms with E-state index >= 15 is 0 Å². The SMILES string of the molecule is CCCC(=O)Nc1n[nH]c2cc(-c3ccc(OC(=O)C(F)(F)F)c(O)c3)ccc12. The standard InChI is InChI=1S/C19H16F3N3O4/c1-2-3-16(27)23-17-12-6-4-10(8-13(12)24-25-17)11-5-7-15(14(26)9-11)29-18(28)19(20,21)22/h4-9,26H,2-3H2,1H3,(H2,23,24,25,27). The largest absolute Gasteiger partial charge is 0.504 e. The fraction of sp³-hybridized carbons (Fsp3) is 0.211. The lowest BCUT2D eigenvalue weighted by Gasteiger charge is -2.10. The maximum absolute atomic E-state index is 12.3. The van der Waals surface area contributed by atoms with Gasteiger partial charge in [0.2, 0.25) is 5.91 Å². The first-order chi connectivity index (χ1) is 13.7. The maximum Gasteiger partial charge on any atom is 0.491 e. The molecule has 0 atom stereocenters. The van der Waals surface area contributed by atoms with Crippen molar-refractivity contribution >= 4 is 28.6 Å². The topological polar surface area (TPSA) is 104 Å². The summed E-state index contributed by atoms with van der Waals surface area (Å²) in [5, 5.41) is 20.2. The van der Waals surface area contributed by atoms with Crippen LogP contribution in [0.25, 0.3) is 22.0 Å². The monoisotopic (exact) mass is 407 g/mol. The van der Waals surface area contributed by atoms with Gasteiger partial charge in [0.15, 0.2) is 17.3 Å². The molecule has 0 radical (unpaired) electrons. The number of rotatable bonds is 5. The van der Waals surface area contributed by atoms with Gasteiger partial charge in [0.1, 0.15) is 0 Å².